The highest BCUT2D eigenvalue weighted by Gasteiger charge is 2.44. The lowest BCUT2D eigenvalue weighted by Crippen LogP contribution is -2.59. The van der Waals surface area contributed by atoms with Gasteiger partial charge in [-0.25, -0.2) is 0 Å². The molecule has 0 radical (unpaired) electrons. The Kier molecular flexibility index (Phi) is 28.0. The molecule has 48 heavy (non-hydrogen) atoms. The largest absolute Gasteiger partial charge is 0.462 e. The number of hydrogen-bond acceptors (Lipinski definition) is 10. The van der Waals surface area contributed by atoms with E-state index in [0.717, 1.165) is 44.9 Å². The fourth-order valence-corrected chi connectivity index (χ4v) is 5.93. The van der Waals surface area contributed by atoms with E-state index in [-0.39, 0.29) is 32.0 Å². The molecule has 282 valence electrons. The van der Waals surface area contributed by atoms with Crippen LogP contribution in [0.1, 0.15) is 161 Å². The van der Waals surface area contributed by atoms with Crippen LogP contribution < -0.4 is 0 Å². The Labute approximate surface area is 291 Å². The molecule has 1 aliphatic rings. The minimum absolute atomic E-state index is 0.214. The summed E-state index contributed by atoms with van der Waals surface area (Å²) >= 11 is 0. The average molecular weight is 687 g/mol. The van der Waals surface area contributed by atoms with Crippen molar-refractivity contribution in [3.63, 3.8) is 0 Å². The van der Waals surface area contributed by atoms with E-state index in [2.05, 4.69) is 13.5 Å². The normalized spacial score (nSPS) is 21.6. The molecule has 0 aromatic rings. The fraction of sp³-hybridized carbons (Fsp3) is 0.895. The Bertz CT molecular complexity index is 791. The lowest BCUT2D eigenvalue weighted by molar-refractivity contribution is -0.305. The number of aliphatic hydroxyl groups excluding tert-OH is 4. The molecular formula is C38H70O10. The molecule has 0 amide bonds. The molecule has 0 aromatic heterocycles. The van der Waals surface area contributed by atoms with E-state index in [9.17, 15) is 30.0 Å². The van der Waals surface area contributed by atoms with Crippen molar-refractivity contribution >= 4 is 11.9 Å². The highest BCUT2D eigenvalue weighted by atomic mass is 16.7. The summed E-state index contributed by atoms with van der Waals surface area (Å²) < 4.78 is 22.0. The van der Waals surface area contributed by atoms with Gasteiger partial charge in [0, 0.05) is 12.8 Å². The summed E-state index contributed by atoms with van der Waals surface area (Å²) in [5.74, 6) is -0.810. The van der Waals surface area contributed by atoms with Gasteiger partial charge >= 0.3 is 11.9 Å². The van der Waals surface area contributed by atoms with Gasteiger partial charge in [0.2, 0.25) is 0 Å². The third kappa shape index (κ3) is 22.2. The molecule has 0 bridgehead atoms. The second kappa shape index (κ2) is 30.3. The summed E-state index contributed by atoms with van der Waals surface area (Å²) in [7, 11) is 0. The van der Waals surface area contributed by atoms with Crippen LogP contribution in [0.15, 0.2) is 12.7 Å². The molecule has 0 saturated carbocycles. The third-order valence-corrected chi connectivity index (χ3v) is 9.05. The van der Waals surface area contributed by atoms with E-state index in [0.29, 0.717) is 6.42 Å². The number of carbonyl (C=O) groups excluding carboxylic acids is 2. The molecule has 4 N–H and O–H groups in total. The summed E-state index contributed by atoms with van der Waals surface area (Å²) in [4.78, 5) is 25.1. The van der Waals surface area contributed by atoms with E-state index in [1.54, 1.807) is 0 Å². The van der Waals surface area contributed by atoms with E-state index in [1.165, 1.54) is 89.9 Å². The SMILES string of the molecule is C=CCCCCCCCCCCCCCCCC(=O)OC[C@@H](CO[C@H]1O[C@@H](CO)[C@@H](O)C(O)C1O)OC(=O)CCCCCCCCCC. The van der Waals surface area contributed by atoms with Crippen molar-refractivity contribution in [1.29, 1.82) is 0 Å². The first-order chi connectivity index (χ1) is 23.3. The molecule has 0 spiro atoms. The van der Waals surface area contributed by atoms with Gasteiger partial charge in [0.1, 0.15) is 31.0 Å². The van der Waals surface area contributed by atoms with E-state index in [4.69, 9.17) is 18.9 Å². The molecule has 1 saturated heterocycles. The van der Waals surface area contributed by atoms with Crippen LogP contribution in [0.5, 0.6) is 0 Å². The van der Waals surface area contributed by atoms with Crippen molar-refractivity contribution in [2.24, 2.45) is 0 Å². The molecule has 10 nitrogen and oxygen atoms in total. The number of allylic oxidation sites excluding steroid dienone is 1. The van der Waals surface area contributed by atoms with Crippen LogP contribution >= 0.6 is 0 Å². The number of hydrogen-bond donors (Lipinski definition) is 4. The Balaban J connectivity index is 2.34. The Morgan fingerprint density at radius 2 is 1.15 bits per heavy atom. The maximum Gasteiger partial charge on any atom is 0.306 e. The molecule has 2 unspecified atom stereocenters. The number of unbranched alkanes of at least 4 members (excludes halogenated alkanes) is 20. The zero-order valence-corrected chi connectivity index (χ0v) is 30.1. The number of aliphatic hydroxyl groups is 4. The van der Waals surface area contributed by atoms with Gasteiger partial charge in [0.05, 0.1) is 13.2 Å². The fourth-order valence-electron chi connectivity index (χ4n) is 5.93. The minimum Gasteiger partial charge on any atom is -0.462 e. The van der Waals surface area contributed by atoms with Crippen LogP contribution in [0.25, 0.3) is 0 Å². The quantitative estimate of drug-likeness (QED) is 0.0337. The third-order valence-electron chi connectivity index (χ3n) is 9.05. The van der Waals surface area contributed by atoms with Gasteiger partial charge in [0.25, 0.3) is 0 Å². The van der Waals surface area contributed by atoms with Crippen LogP contribution in [0.2, 0.25) is 0 Å². The molecule has 0 aliphatic carbocycles. The summed E-state index contributed by atoms with van der Waals surface area (Å²) in [5.41, 5.74) is 0. The zero-order valence-electron chi connectivity index (χ0n) is 30.1. The summed E-state index contributed by atoms with van der Waals surface area (Å²) in [6.07, 6.45) is 19.9. The smallest absolute Gasteiger partial charge is 0.306 e. The maximum atomic E-state index is 12.6. The monoisotopic (exact) mass is 686 g/mol. The van der Waals surface area contributed by atoms with Crippen molar-refractivity contribution in [3.05, 3.63) is 12.7 Å². The predicted octanol–water partition coefficient (Wildman–Crippen LogP) is 6.83. The molecule has 1 aliphatic heterocycles. The van der Waals surface area contributed by atoms with Gasteiger partial charge in [-0.1, -0.05) is 129 Å². The number of carbonyl (C=O) groups is 2. The molecule has 1 heterocycles. The summed E-state index contributed by atoms with van der Waals surface area (Å²) in [6.45, 7) is 4.89. The van der Waals surface area contributed by atoms with E-state index in [1.807, 2.05) is 6.08 Å². The molecule has 0 aromatic carbocycles. The predicted molar refractivity (Wildman–Crippen MR) is 187 cm³/mol. The van der Waals surface area contributed by atoms with Crippen molar-refractivity contribution in [2.75, 3.05) is 19.8 Å². The van der Waals surface area contributed by atoms with Gasteiger partial charge < -0.3 is 39.4 Å². The van der Waals surface area contributed by atoms with Crippen molar-refractivity contribution in [2.45, 2.75) is 198 Å². The van der Waals surface area contributed by atoms with Crippen LogP contribution in [0, 0.1) is 0 Å². The summed E-state index contributed by atoms with van der Waals surface area (Å²) in [6, 6.07) is 0. The van der Waals surface area contributed by atoms with Crippen LogP contribution in [0.3, 0.4) is 0 Å². The first-order valence-electron chi connectivity index (χ1n) is 19.2. The van der Waals surface area contributed by atoms with E-state index >= 15 is 0 Å². The van der Waals surface area contributed by atoms with Gasteiger partial charge in [0.15, 0.2) is 12.4 Å². The second-order valence-corrected chi connectivity index (χ2v) is 13.5. The molecule has 1 rings (SSSR count). The topological polar surface area (TPSA) is 152 Å². The van der Waals surface area contributed by atoms with Crippen LogP contribution in [-0.4, -0.2) is 89.0 Å². The molecular weight excluding hydrogens is 616 g/mol. The standard InChI is InChI=1S/C38H70O10/c1-3-5-7-9-11-13-14-15-16-17-18-19-21-22-24-26-33(40)45-29-31(47-34(41)27-25-23-20-12-10-8-6-4-2)30-46-38-37(44)36(43)35(42)32(28-39)48-38/h3,31-32,35-39,42-44H,1,4-30H2,2H3/t31-,32-,35+,36?,37?,38-/m0/s1. The van der Waals surface area contributed by atoms with Crippen molar-refractivity contribution < 1.29 is 49.0 Å². The molecule has 1 fully saturated rings. The highest BCUT2D eigenvalue weighted by Crippen LogP contribution is 2.22. The van der Waals surface area contributed by atoms with Gasteiger partial charge in [-0.3, -0.25) is 9.59 Å². The lowest BCUT2D eigenvalue weighted by Gasteiger charge is -2.39. The van der Waals surface area contributed by atoms with Gasteiger partial charge in [-0.15, -0.1) is 6.58 Å². The van der Waals surface area contributed by atoms with Crippen molar-refractivity contribution in [1.82, 2.24) is 0 Å². The molecule has 6 atom stereocenters. The Morgan fingerprint density at radius 1 is 0.667 bits per heavy atom. The van der Waals surface area contributed by atoms with Gasteiger partial charge in [-0.2, -0.15) is 0 Å². The molecule has 10 heteroatoms. The first-order valence-corrected chi connectivity index (χ1v) is 19.2. The van der Waals surface area contributed by atoms with Crippen LogP contribution in [-0.2, 0) is 28.5 Å². The lowest BCUT2D eigenvalue weighted by atomic mass is 9.99. The maximum absolute atomic E-state index is 12.6. The average Bonchev–Trinajstić information content (AvgIpc) is 3.08. The second-order valence-electron chi connectivity index (χ2n) is 13.5. The Hall–Kier alpha value is -1.56. The first kappa shape index (κ1) is 44.5. The number of esters is 2. The zero-order chi connectivity index (χ0) is 35.2. The van der Waals surface area contributed by atoms with Crippen molar-refractivity contribution in [3.8, 4) is 0 Å². The van der Waals surface area contributed by atoms with Gasteiger partial charge in [-0.05, 0) is 25.7 Å². The summed E-state index contributed by atoms with van der Waals surface area (Å²) in [5, 5.41) is 39.8. The highest BCUT2D eigenvalue weighted by molar-refractivity contribution is 5.70. The van der Waals surface area contributed by atoms with E-state index < -0.39 is 49.4 Å². The van der Waals surface area contributed by atoms with Crippen LogP contribution in [0.4, 0.5) is 0 Å². The number of rotatable bonds is 32. The minimum atomic E-state index is -1.59. The number of ether oxygens (including phenoxy) is 4. The Morgan fingerprint density at radius 3 is 1.65 bits per heavy atom.